The number of alkyl halides is 3. The first-order valence-corrected chi connectivity index (χ1v) is 9.31. The third-order valence-electron chi connectivity index (χ3n) is 3.92. The highest BCUT2D eigenvalue weighted by Crippen LogP contribution is 2.34. The van der Waals surface area contributed by atoms with E-state index in [4.69, 9.17) is 0 Å². The molecule has 0 fully saturated rings. The van der Waals surface area contributed by atoms with Gasteiger partial charge < -0.3 is 5.32 Å². The quantitative estimate of drug-likeness (QED) is 0.658. The average molecular weight is 407 g/mol. The van der Waals surface area contributed by atoms with Gasteiger partial charge in [-0.1, -0.05) is 18.2 Å². The summed E-state index contributed by atoms with van der Waals surface area (Å²) in [6.07, 6.45) is -4.33. The third kappa shape index (κ3) is 4.86. The van der Waals surface area contributed by atoms with E-state index in [-0.39, 0.29) is 30.6 Å². The van der Waals surface area contributed by atoms with Gasteiger partial charge in [-0.15, -0.1) is 11.3 Å². The first-order valence-electron chi connectivity index (χ1n) is 8.43. The zero-order valence-electron chi connectivity index (χ0n) is 14.6. The number of nitrogens with one attached hydrogen (secondary N) is 1. The fourth-order valence-corrected chi connectivity index (χ4v) is 3.30. The van der Waals surface area contributed by atoms with Gasteiger partial charge in [-0.05, 0) is 36.1 Å². The summed E-state index contributed by atoms with van der Waals surface area (Å²) in [6.45, 7) is 0.187. The standard InChI is InChI=1S/C19H16F3N3O2S/c20-19(21,22)13-5-1-2-6-14(13)23-17(26)8-3-11-25-18(27)10-9-15(24-25)16-7-4-12-28-16/h1-2,4-7,9-10,12H,3,8,11H2,(H,23,26). The van der Waals surface area contributed by atoms with Crippen LogP contribution in [0, 0.1) is 0 Å². The van der Waals surface area contributed by atoms with E-state index in [0.717, 1.165) is 10.9 Å². The van der Waals surface area contributed by atoms with Crippen molar-refractivity contribution >= 4 is 22.9 Å². The van der Waals surface area contributed by atoms with Crippen molar-refractivity contribution < 1.29 is 18.0 Å². The van der Waals surface area contributed by atoms with Crippen LogP contribution < -0.4 is 10.9 Å². The number of hydrogen-bond acceptors (Lipinski definition) is 4. The number of aromatic nitrogens is 2. The second-order valence-corrected chi connectivity index (χ2v) is 6.90. The fraction of sp³-hybridized carbons (Fsp3) is 0.211. The van der Waals surface area contributed by atoms with Crippen LogP contribution in [0.1, 0.15) is 18.4 Å². The summed E-state index contributed by atoms with van der Waals surface area (Å²) in [6, 6.07) is 11.6. The summed E-state index contributed by atoms with van der Waals surface area (Å²) < 4.78 is 40.2. The van der Waals surface area contributed by atoms with Crippen molar-refractivity contribution in [2.45, 2.75) is 25.6 Å². The number of aryl methyl sites for hydroxylation is 1. The minimum Gasteiger partial charge on any atom is -0.326 e. The zero-order valence-corrected chi connectivity index (χ0v) is 15.4. The Balaban J connectivity index is 1.61. The molecule has 1 N–H and O–H groups in total. The molecule has 146 valence electrons. The highest BCUT2D eigenvalue weighted by atomic mass is 32.1. The van der Waals surface area contributed by atoms with Crippen molar-refractivity contribution in [3.8, 4) is 10.6 Å². The number of para-hydroxylation sites is 1. The molecule has 1 aromatic carbocycles. The number of halogens is 3. The molecule has 28 heavy (non-hydrogen) atoms. The largest absolute Gasteiger partial charge is 0.418 e. The Morgan fingerprint density at radius 1 is 1.11 bits per heavy atom. The average Bonchev–Trinajstić information content (AvgIpc) is 3.17. The molecule has 0 aliphatic rings. The van der Waals surface area contributed by atoms with E-state index < -0.39 is 17.6 Å². The zero-order chi connectivity index (χ0) is 20.1. The maximum Gasteiger partial charge on any atom is 0.418 e. The number of nitrogens with zero attached hydrogens (tertiary/aromatic N) is 2. The van der Waals surface area contributed by atoms with Crippen molar-refractivity contribution in [1.82, 2.24) is 9.78 Å². The molecule has 5 nitrogen and oxygen atoms in total. The van der Waals surface area contributed by atoms with Gasteiger partial charge in [0.25, 0.3) is 5.56 Å². The topological polar surface area (TPSA) is 64.0 Å². The number of rotatable bonds is 6. The Kier molecular flexibility index (Phi) is 5.93. The predicted octanol–water partition coefficient (Wildman–Crippen LogP) is 4.41. The summed E-state index contributed by atoms with van der Waals surface area (Å²) in [7, 11) is 0. The SMILES string of the molecule is O=C(CCCn1nc(-c2cccs2)ccc1=O)Nc1ccccc1C(F)(F)F. The lowest BCUT2D eigenvalue weighted by Gasteiger charge is -2.13. The fourth-order valence-electron chi connectivity index (χ4n) is 2.61. The predicted molar refractivity (Wildman–Crippen MR) is 101 cm³/mol. The van der Waals surface area contributed by atoms with Crippen LogP contribution in [0.25, 0.3) is 10.6 Å². The van der Waals surface area contributed by atoms with Crippen molar-refractivity contribution in [3.63, 3.8) is 0 Å². The van der Waals surface area contributed by atoms with E-state index in [9.17, 15) is 22.8 Å². The molecule has 0 spiro atoms. The van der Waals surface area contributed by atoms with Gasteiger partial charge in [0.1, 0.15) is 5.69 Å². The smallest absolute Gasteiger partial charge is 0.326 e. The van der Waals surface area contributed by atoms with Crippen molar-refractivity contribution in [1.29, 1.82) is 0 Å². The first kappa shape index (κ1) is 19.8. The molecule has 0 saturated carbocycles. The third-order valence-corrected chi connectivity index (χ3v) is 4.81. The van der Waals surface area contributed by atoms with Gasteiger partial charge in [-0.3, -0.25) is 9.59 Å². The Morgan fingerprint density at radius 3 is 2.61 bits per heavy atom. The molecule has 0 atom stereocenters. The monoisotopic (exact) mass is 407 g/mol. The van der Waals surface area contributed by atoms with E-state index >= 15 is 0 Å². The molecule has 3 aromatic rings. The maximum absolute atomic E-state index is 13.0. The summed E-state index contributed by atoms with van der Waals surface area (Å²) >= 11 is 1.49. The molecular formula is C19H16F3N3O2S. The molecule has 9 heteroatoms. The highest BCUT2D eigenvalue weighted by Gasteiger charge is 2.33. The van der Waals surface area contributed by atoms with Crippen LogP contribution in [0.3, 0.4) is 0 Å². The van der Waals surface area contributed by atoms with Crippen molar-refractivity contribution in [2.75, 3.05) is 5.32 Å². The molecule has 2 aromatic heterocycles. The number of amides is 1. The summed E-state index contributed by atoms with van der Waals surface area (Å²) in [4.78, 5) is 24.9. The number of carbonyl (C=O) groups is 1. The second-order valence-electron chi connectivity index (χ2n) is 5.95. The van der Waals surface area contributed by atoms with Crippen molar-refractivity contribution in [3.05, 3.63) is 69.8 Å². The number of benzene rings is 1. The van der Waals surface area contributed by atoms with Crippen molar-refractivity contribution in [2.24, 2.45) is 0 Å². The van der Waals surface area contributed by atoms with Gasteiger partial charge in [0.2, 0.25) is 5.91 Å². The molecular weight excluding hydrogens is 391 g/mol. The molecule has 2 heterocycles. The molecule has 0 radical (unpaired) electrons. The Bertz CT molecular complexity index is 1010. The minimum absolute atomic E-state index is 0.0382. The second kappa shape index (κ2) is 8.39. The highest BCUT2D eigenvalue weighted by molar-refractivity contribution is 7.13. The van der Waals surface area contributed by atoms with E-state index in [1.807, 2.05) is 17.5 Å². The number of anilines is 1. The minimum atomic E-state index is -4.55. The van der Waals surface area contributed by atoms with Crippen LogP contribution in [0.15, 0.2) is 58.7 Å². The lowest BCUT2D eigenvalue weighted by atomic mass is 10.1. The van der Waals surface area contributed by atoms with Gasteiger partial charge in [-0.2, -0.15) is 18.3 Å². The normalized spacial score (nSPS) is 11.4. The molecule has 0 saturated heterocycles. The number of carbonyl (C=O) groups excluding carboxylic acids is 1. The lowest BCUT2D eigenvalue weighted by molar-refractivity contribution is -0.137. The Hall–Kier alpha value is -2.94. The van der Waals surface area contributed by atoms with Gasteiger partial charge in [0.15, 0.2) is 0 Å². The number of thiophene rings is 1. The maximum atomic E-state index is 13.0. The molecule has 3 rings (SSSR count). The molecule has 0 aliphatic carbocycles. The van der Waals surface area contributed by atoms with Crippen LogP contribution in [-0.4, -0.2) is 15.7 Å². The first-order chi connectivity index (χ1) is 13.3. The van der Waals surface area contributed by atoms with Crippen LogP contribution in [-0.2, 0) is 17.5 Å². The molecule has 0 unspecified atom stereocenters. The molecule has 1 amide bonds. The van der Waals surface area contributed by atoms with Crippen LogP contribution in [0.2, 0.25) is 0 Å². The summed E-state index contributed by atoms with van der Waals surface area (Å²) in [5.41, 5.74) is -0.832. The summed E-state index contributed by atoms with van der Waals surface area (Å²) in [5.74, 6) is -0.556. The van der Waals surface area contributed by atoms with E-state index in [1.54, 1.807) is 6.07 Å². The molecule has 0 aliphatic heterocycles. The van der Waals surface area contributed by atoms with E-state index in [1.165, 1.54) is 40.3 Å². The number of hydrogen-bond donors (Lipinski definition) is 1. The van der Waals surface area contributed by atoms with Crippen LogP contribution in [0.5, 0.6) is 0 Å². The Morgan fingerprint density at radius 2 is 1.89 bits per heavy atom. The van der Waals surface area contributed by atoms with Gasteiger partial charge in [-0.25, -0.2) is 4.68 Å². The lowest BCUT2D eigenvalue weighted by Crippen LogP contribution is -2.23. The van der Waals surface area contributed by atoms with Gasteiger partial charge in [0.05, 0.1) is 16.1 Å². The van der Waals surface area contributed by atoms with E-state index in [0.29, 0.717) is 5.69 Å². The Labute approximate surface area is 162 Å². The van der Waals surface area contributed by atoms with Gasteiger partial charge >= 0.3 is 6.18 Å². The van der Waals surface area contributed by atoms with Gasteiger partial charge in [0, 0.05) is 19.0 Å². The summed E-state index contributed by atoms with van der Waals surface area (Å²) in [5, 5.41) is 8.46. The van der Waals surface area contributed by atoms with Crippen LogP contribution in [0.4, 0.5) is 18.9 Å². The molecule has 0 bridgehead atoms. The van der Waals surface area contributed by atoms with E-state index in [2.05, 4.69) is 10.4 Å². The van der Waals surface area contributed by atoms with Crippen LogP contribution >= 0.6 is 11.3 Å².